The number of nitrogens with zero attached hydrogens (tertiary/aromatic N) is 2. The minimum atomic E-state index is 0.753. The molecule has 0 aliphatic carbocycles. The monoisotopic (exact) mass is 255 g/mol. The number of aryl methyl sites for hydroxylation is 1. The molecule has 3 rings (SSSR count). The predicted octanol–water partition coefficient (Wildman–Crippen LogP) is 3.90. The van der Waals surface area contributed by atoms with Crippen LogP contribution < -0.4 is 5.32 Å². The van der Waals surface area contributed by atoms with Crippen molar-refractivity contribution in [2.24, 2.45) is 0 Å². The Morgan fingerprint density at radius 2 is 2.05 bits per heavy atom. The van der Waals surface area contributed by atoms with E-state index in [9.17, 15) is 0 Å². The lowest BCUT2D eigenvalue weighted by Gasteiger charge is -2.05. The molecule has 0 fully saturated rings. The lowest BCUT2D eigenvalue weighted by atomic mass is 10.2. The van der Waals surface area contributed by atoms with Crippen LogP contribution in [0.2, 0.25) is 0 Å². The number of hydrogen-bond acceptors (Lipinski definition) is 4. The smallest absolute Gasteiger partial charge is 0.196 e. The highest BCUT2D eigenvalue weighted by Crippen LogP contribution is 2.30. The molecule has 2 heterocycles. The van der Waals surface area contributed by atoms with Gasteiger partial charge in [0.2, 0.25) is 0 Å². The van der Waals surface area contributed by atoms with E-state index in [1.807, 2.05) is 31.2 Å². The molecule has 4 heteroatoms. The number of hydrogen-bond donors (Lipinski definition) is 1. The molecule has 0 unspecified atom stereocenters. The second kappa shape index (κ2) is 4.88. The number of benzene rings is 1. The molecule has 0 amide bonds. The molecular weight excluding hydrogens is 238 g/mol. The van der Waals surface area contributed by atoms with E-state index >= 15 is 0 Å². The Morgan fingerprint density at radius 3 is 2.89 bits per heavy atom. The van der Waals surface area contributed by atoms with Crippen LogP contribution in [0.5, 0.6) is 0 Å². The Bertz CT molecular complexity index is 718. The number of furan rings is 1. The molecule has 0 saturated carbocycles. The third kappa shape index (κ3) is 2.14. The summed E-state index contributed by atoms with van der Waals surface area (Å²) in [6.45, 7) is 4.98. The Hall–Kier alpha value is -2.10. The van der Waals surface area contributed by atoms with E-state index in [-0.39, 0.29) is 0 Å². The molecule has 1 N–H and O–H groups in total. The third-order valence-corrected chi connectivity index (χ3v) is 3.15. The average Bonchev–Trinajstić information content (AvgIpc) is 2.78. The van der Waals surface area contributed by atoms with Gasteiger partial charge < -0.3 is 9.73 Å². The van der Waals surface area contributed by atoms with E-state index in [2.05, 4.69) is 22.2 Å². The van der Waals surface area contributed by atoms with Crippen molar-refractivity contribution in [2.75, 3.05) is 11.9 Å². The first-order valence-electron chi connectivity index (χ1n) is 6.69. The molecule has 3 aromatic rings. The molecule has 0 aliphatic heterocycles. The van der Waals surface area contributed by atoms with Crippen LogP contribution in [0, 0.1) is 6.92 Å². The highest BCUT2D eigenvalue weighted by atomic mass is 16.3. The molecule has 0 radical (unpaired) electrons. The first-order valence-corrected chi connectivity index (χ1v) is 6.69. The molecule has 19 heavy (non-hydrogen) atoms. The van der Waals surface area contributed by atoms with Crippen LogP contribution in [-0.2, 0) is 0 Å². The van der Waals surface area contributed by atoms with Gasteiger partial charge in [-0.1, -0.05) is 25.5 Å². The van der Waals surface area contributed by atoms with Crippen LogP contribution >= 0.6 is 0 Å². The van der Waals surface area contributed by atoms with Gasteiger partial charge in [-0.2, -0.15) is 0 Å². The Kier molecular flexibility index (Phi) is 3.07. The molecule has 0 bridgehead atoms. The molecule has 0 atom stereocenters. The highest BCUT2D eigenvalue weighted by Gasteiger charge is 2.13. The van der Waals surface area contributed by atoms with E-state index in [1.165, 1.54) is 0 Å². The van der Waals surface area contributed by atoms with Gasteiger partial charge in [0.25, 0.3) is 0 Å². The fourth-order valence-corrected chi connectivity index (χ4v) is 2.21. The van der Waals surface area contributed by atoms with Gasteiger partial charge in [0.05, 0.1) is 0 Å². The minimum Gasteiger partial charge on any atom is -0.450 e. The van der Waals surface area contributed by atoms with Gasteiger partial charge in [-0.25, -0.2) is 9.97 Å². The van der Waals surface area contributed by atoms with Crippen LogP contribution in [0.4, 0.5) is 5.82 Å². The molecule has 1 aromatic carbocycles. The molecule has 2 aromatic heterocycles. The summed E-state index contributed by atoms with van der Waals surface area (Å²) < 4.78 is 5.88. The van der Waals surface area contributed by atoms with Crippen LogP contribution in [0.15, 0.2) is 28.7 Å². The lowest BCUT2D eigenvalue weighted by Crippen LogP contribution is -2.04. The van der Waals surface area contributed by atoms with Crippen molar-refractivity contribution in [1.29, 1.82) is 0 Å². The summed E-state index contributed by atoms with van der Waals surface area (Å²) in [5.41, 5.74) is 2.50. The molecule has 98 valence electrons. The molecule has 0 aliphatic rings. The second-order valence-corrected chi connectivity index (χ2v) is 4.68. The Labute approximate surface area is 111 Å². The SMILES string of the molecule is CCCCNc1nc(C)nc2c1oc1ccccc12. The first kappa shape index (κ1) is 12.0. The van der Waals surface area contributed by atoms with Crippen molar-refractivity contribution in [1.82, 2.24) is 9.97 Å². The van der Waals surface area contributed by atoms with E-state index in [4.69, 9.17) is 4.42 Å². The summed E-state index contributed by atoms with van der Waals surface area (Å²) in [6.07, 6.45) is 2.27. The summed E-state index contributed by atoms with van der Waals surface area (Å²) in [5, 5.41) is 4.39. The first-order chi connectivity index (χ1) is 9.29. The van der Waals surface area contributed by atoms with Gasteiger partial charge >= 0.3 is 0 Å². The molecule has 0 saturated heterocycles. The van der Waals surface area contributed by atoms with Gasteiger partial charge in [-0.15, -0.1) is 0 Å². The fourth-order valence-electron chi connectivity index (χ4n) is 2.21. The molecular formula is C15H17N3O. The Balaban J connectivity index is 2.15. The zero-order chi connectivity index (χ0) is 13.2. The van der Waals surface area contributed by atoms with Crippen molar-refractivity contribution in [3.8, 4) is 0 Å². The third-order valence-electron chi connectivity index (χ3n) is 3.15. The van der Waals surface area contributed by atoms with Crippen molar-refractivity contribution in [3.05, 3.63) is 30.1 Å². The molecule has 4 nitrogen and oxygen atoms in total. The van der Waals surface area contributed by atoms with E-state index in [0.29, 0.717) is 0 Å². The standard InChI is InChI=1S/C15H17N3O/c1-3-4-9-16-15-14-13(17-10(2)18-15)11-7-5-6-8-12(11)19-14/h5-8H,3-4,9H2,1-2H3,(H,16,17,18). The van der Waals surface area contributed by atoms with Gasteiger partial charge in [-0.3, -0.25) is 0 Å². The summed E-state index contributed by atoms with van der Waals surface area (Å²) in [7, 11) is 0. The maximum absolute atomic E-state index is 5.88. The largest absolute Gasteiger partial charge is 0.450 e. The lowest BCUT2D eigenvalue weighted by molar-refractivity contribution is 0.665. The van der Waals surface area contributed by atoms with Crippen LogP contribution in [-0.4, -0.2) is 16.5 Å². The van der Waals surface area contributed by atoms with Gasteiger partial charge in [0, 0.05) is 11.9 Å². The number of anilines is 1. The van der Waals surface area contributed by atoms with E-state index in [0.717, 1.165) is 53.1 Å². The van der Waals surface area contributed by atoms with Gasteiger partial charge in [-0.05, 0) is 25.5 Å². The quantitative estimate of drug-likeness (QED) is 0.718. The van der Waals surface area contributed by atoms with Crippen molar-refractivity contribution >= 4 is 27.9 Å². The van der Waals surface area contributed by atoms with Crippen molar-refractivity contribution in [2.45, 2.75) is 26.7 Å². The summed E-state index contributed by atoms with van der Waals surface area (Å²) in [5.74, 6) is 1.56. The maximum atomic E-state index is 5.88. The summed E-state index contributed by atoms with van der Waals surface area (Å²) in [6, 6.07) is 7.96. The Morgan fingerprint density at radius 1 is 1.21 bits per heavy atom. The number of para-hydroxylation sites is 1. The van der Waals surface area contributed by atoms with Crippen LogP contribution in [0.25, 0.3) is 22.1 Å². The topological polar surface area (TPSA) is 51.0 Å². The van der Waals surface area contributed by atoms with E-state index in [1.54, 1.807) is 0 Å². The highest BCUT2D eigenvalue weighted by molar-refractivity contribution is 6.05. The fraction of sp³-hybridized carbons (Fsp3) is 0.333. The summed E-state index contributed by atoms with van der Waals surface area (Å²) in [4.78, 5) is 8.96. The van der Waals surface area contributed by atoms with Crippen molar-refractivity contribution < 1.29 is 4.42 Å². The maximum Gasteiger partial charge on any atom is 0.196 e. The number of nitrogens with one attached hydrogen (secondary N) is 1. The summed E-state index contributed by atoms with van der Waals surface area (Å²) >= 11 is 0. The molecule has 0 spiro atoms. The number of aromatic nitrogens is 2. The zero-order valence-corrected chi connectivity index (χ0v) is 11.2. The van der Waals surface area contributed by atoms with E-state index < -0.39 is 0 Å². The zero-order valence-electron chi connectivity index (χ0n) is 11.2. The second-order valence-electron chi connectivity index (χ2n) is 4.68. The number of unbranched alkanes of at least 4 members (excludes halogenated alkanes) is 1. The van der Waals surface area contributed by atoms with Gasteiger partial charge in [0.15, 0.2) is 11.4 Å². The average molecular weight is 255 g/mol. The number of rotatable bonds is 4. The minimum absolute atomic E-state index is 0.753. The number of fused-ring (bicyclic) bond motifs is 3. The van der Waals surface area contributed by atoms with Gasteiger partial charge in [0.1, 0.15) is 16.9 Å². The predicted molar refractivity (Wildman–Crippen MR) is 77.4 cm³/mol. The van der Waals surface area contributed by atoms with Crippen LogP contribution in [0.3, 0.4) is 0 Å². The normalized spacial score (nSPS) is 11.3. The van der Waals surface area contributed by atoms with Crippen LogP contribution in [0.1, 0.15) is 25.6 Å². The van der Waals surface area contributed by atoms with Crippen molar-refractivity contribution in [3.63, 3.8) is 0 Å².